The predicted molar refractivity (Wildman–Crippen MR) is 86.5 cm³/mol. The van der Waals surface area contributed by atoms with Gasteiger partial charge in [-0.25, -0.2) is 4.98 Å². The lowest BCUT2D eigenvalue weighted by Crippen LogP contribution is -2.23. The number of hydrogen-bond donors (Lipinski definition) is 2. The molecule has 0 aliphatic rings. The van der Waals surface area contributed by atoms with E-state index in [9.17, 15) is 9.59 Å². The maximum Gasteiger partial charge on any atom is 0.251 e. The van der Waals surface area contributed by atoms with E-state index in [2.05, 4.69) is 15.3 Å². The molecule has 0 radical (unpaired) electrons. The minimum Gasteiger partial charge on any atom is -0.497 e. The number of nitrogens with zero attached hydrogens (tertiary/aromatic N) is 1. The minimum absolute atomic E-state index is 0.178. The van der Waals surface area contributed by atoms with Gasteiger partial charge in [-0.3, -0.25) is 9.59 Å². The van der Waals surface area contributed by atoms with Crippen LogP contribution >= 0.6 is 11.8 Å². The van der Waals surface area contributed by atoms with E-state index in [-0.39, 0.29) is 11.5 Å². The lowest BCUT2D eigenvalue weighted by Gasteiger charge is -2.12. The van der Waals surface area contributed by atoms with E-state index in [4.69, 9.17) is 4.74 Å². The number of carbonyl (C=O) groups excluding carboxylic acids is 1. The van der Waals surface area contributed by atoms with Gasteiger partial charge < -0.3 is 15.0 Å². The quantitative estimate of drug-likeness (QED) is 0.652. The molecular weight excluding hydrogens is 302 g/mol. The summed E-state index contributed by atoms with van der Waals surface area (Å²) >= 11 is 1.20. The number of H-pyrrole nitrogens is 1. The van der Waals surface area contributed by atoms with Crippen LogP contribution in [0.2, 0.25) is 0 Å². The third-order valence-corrected chi connectivity index (χ3v) is 3.83. The van der Waals surface area contributed by atoms with Gasteiger partial charge in [0.25, 0.3) is 5.56 Å². The van der Waals surface area contributed by atoms with E-state index in [1.165, 1.54) is 17.8 Å². The van der Waals surface area contributed by atoms with Crippen molar-refractivity contribution < 1.29 is 9.53 Å². The number of methoxy groups -OCH3 is 1. The maximum absolute atomic E-state index is 12.2. The first-order chi connectivity index (χ1) is 10.5. The fourth-order valence-corrected chi connectivity index (χ4v) is 2.63. The molecule has 0 saturated carbocycles. The summed E-state index contributed by atoms with van der Waals surface area (Å²) in [5.41, 5.74) is 1.05. The van der Waals surface area contributed by atoms with Crippen molar-refractivity contribution in [3.8, 4) is 5.75 Å². The van der Waals surface area contributed by atoms with Crippen LogP contribution in [0.1, 0.15) is 12.6 Å². The summed E-state index contributed by atoms with van der Waals surface area (Å²) in [6, 6.07) is 8.53. The number of ether oxygens (including phenoxy) is 1. The molecule has 0 aliphatic heterocycles. The molecule has 116 valence electrons. The van der Waals surface area contributed by atoms with Crippen molar-refractivity contribution in [1.82, 2.24) is 9.97 Å². The first-order valence-corrected chi connectivity index (χ1v) is 7.55. The van der Waals surface area contributed by atoms with Crippen molar-refractivity contribution in [3.05, 3.63) is 46.4 Å². The number of benzene rings is 1. The second-order valence-electron chi connectivity index (χ2n) is 4.67. The molecule has 0 spiro atoms. The van der Waals surface area contributed by atoms with Crippen LogP contribution in [0.4, 0.5) is 5.69 Å². The highest BCUT2D eigenvalue weighted by atomic mass is 32.2. The Bertz CT molecular complexity index is 730. The molecule has 0 fully saturated rings. The molecule has 1 aromatic carbocycles. The Morgan fingerprint density at radius 1 is 1.41 bits per heavy atom. The summed E-state index contributed by atoms with van der Waals surface area (Å²) < 4.78 is 5.11. The number of aryl methyl sites for hydroxylation is 1. The number of carbonyl (C=O) groups is 1. The molecule has 1 atom stereocenters. The van der Waals surface area contributed by atoms with Crippen LogP contribution < -0.4 is 15.6 Å². The zero-order valence-corrected chi connectivity index (χ0v) is 13.4. The zero-order valence-electron chi connectivity index (χ0n) is 12.5. The van der Waals surface area contributed by atoms with E-state index in [0.717, 1.165) is 0 Å². The molecule has 6 nitrogen and oxygen atoms in total. The predicted octanol–water partition coefficient (Wildman–Crippen LogP) is 2.21. The second kappa shape index (κ2) is 7.13. The molecule has 2 N–H and O–H groups in total. The van der Waals surface area contributed by atoms with Crippen LogP contribution in [0.25, 0.3) is 0 Å². The van der Waals surface area contributed by atoms with Gasteiger partial charge in [0.2, 0.25) is 5.91 Å². The van der Waals surface area contributed by atoms with Gasteiger partial charge in [0, 0.05) is 23.5 Å². The molecular formula is C15H17N3O3S. The molecule has 0 saturated heterocycles. The van der Waals surface area contributed by atoms with E-state index in [1.807, 2.05) is 0 Å². The van der Waals surface area contributed by atoms with Crippen LogP contribution in [0, 0.1) is 6.92 Å². The third kappa shape index (κ3) is 4.36. The van der Waals surface area contributed by atoms with Crippen molar-refractivity contribution in [2.75, 3.05) is 12.4 Å². The van der Waals surface area contributed by atoms with Crippen molar-refractivity contribution in [2.24, 2.45) is 0 Å². The van der Waals surface area contributed by atoms with Gasteiger partial charge in [-0.1, -0.05) is 17.8 Å². The highest BCUT2D eigenvalue weighted by Crippen LogP contribution is 2.21. The van der Waals surface area contributed by atoms with Gasteiger partial charge in [0.1, 0.15) is 5.75 Å². The highest BCUT2D eigenvalue weighted by molar-refractivity contribution is 8.00. The second-order valence-corrected chi connectivity index (χ2v) is 6.00. The Labute approximate surface area is 132 Å². The van der Waals surface area contributed by atoms with Crippen molar-refractivity contribution in [1.29, 1.82) is 0 Å². The van der Waals surface area contributed by atoms with Crippen molar-refractivity contribution in [3.63, 3.8) is 0 Å². The number of rotatable bonds is 5. The fraction of sp³-hybridized carbons (Fsp3) is 0.267. The monoisotopic (exact) mass is 319 g/mol. The molecule has 1 unspecified atom stereocenters. The molecule has 7 heteroatoms. The van der Waals surface area contributed by atoms with Gasteiger partial charge in [0.05, 0.1) is 12.4 Å². The molecule has 0 aliphatic carbocycles. The topological polar surface area (TPSA) is 84.1 Å². The Balaban J connectivity index is 2.03. The first kappa shape index (κ1) is 16.1. The smallest absolute Gasteiger partial charge is 0.251 e. The van der Waals surface area contributed by atoms with E-state index in [1.54, 1.807) is 45.2 Å². The molecule has 1 heterocycles. The summed E-state index contributed by atoms with van der Waals surface area (Å²) in [6.07, 6.45) is 0. The van der Waals surface area contributed by atoms with Crippen LogP contribution in [0.3, 0.4) is 0 Å². The molecule has 1 aromatic heterocycles. The van der Waals surface area contributed by atoms with E-state index in [0.29, 0.717) is 22.3 Å². The third-order valence-electron chi connectivity index (χ3n) is 2.84. The van der Waals surface area contributed by atoms with Crippen LogP contribution in [-0.4, -0.2) is 28.2 Å². The van der Waals surface area contributed by atoms with Crippen LogP contribution in [0.15, 0.2) is 40.3 Å². The Morgan fingerprint density at radius 3 is 2.86 bits per heavy atom. The number of nitrogens with one attached hydrogen (secondary N) is 2. The molecule has 1 amide bonds. The minimum atomic E-state index is -0.406. The normalized spacial score (nSPS) is 11.8. The Morgan fingerprint density at radius 2 is 2.18 bits per heavy atom. The number of amides is 1. The average Bonchev–Trinajstić information content (AvgIpc) is 2.46. The van der Waals surface area contributed by atoms with Gasteiger partial charge in [0.15, 0.2) is 5.16 Å². The largest absolute Gasteiger partial charge is 0.497 e. The Kier molecular flexibility index (Phi) is 5.21. The van der Waals surface area contributed by atoms with Crippen LogP contribution in [0.5, 0.6) is 5.75 Å². The lowest BCUT2D eigenvalue weighted by molar-refractivity contribution is -0.115. The summed E-state index contributed by atoms with van der Waals surface area (Å²) in [7, 11) is 1.57. The summed E-state index contributed by atoms with van der Waals surface area (Å²) in [4.78, 5) is 30.4. The lowest BCUT2D eigenvalue weighted by atomic mass is 10.3. The number of aromatic amines is 1. The number of thioether (sulfide) groups is 1. The summed E-state index contributed by atoms with van der Waals surface area (Å²) in [5.74, 6) is 0.491. The SMILES string of the molecule is COc1cccc(NC(=O)C(C)Sc2nc(C)cc(=O)[nH]2)c1. The molecule has 0 bridgehead atoms. The van der Waals surface area contributed by atoms with Crippen molar-refractivity contribution >= 4 is 23.4 Å². The molecule has 2 aromatic rings. The highest BCUT2D eigenvalue weighted by Gasteiger charge is 2.16. The fourth-order valence-electron chi connectivity index (χ4n) is 1.77. The zero-order chi connectivity index (χ0) is 16.1. The van der Waals surface area contributed by atoms with Gasteiger partial charge in [-0.2, -0.15) is 0 Å². The van der Waals surface area contributed by atoms with Crippen LogP contribution in [-0.2, 0) is 4.79 Å². The van der Waals surface area contributed by atoms with Gasteiger partial charge in [-0.05, 0) is 26.0 Å². The van der Waals surface area contributed by atoms with Gasteiger partial charge >= 0.3 is 0 Å². The van der Waals surface area contributed by atoms with E-state index < -0.39 is 5.25 Å². The summed E-state index contributed by atoms with van der Waals surface area (Å²) in [6.45, 7) is 3.49. The van der Waals surface area contributed by atoms with Gasteiger partial charge in [-0.15, -0.1) is 0 Å². The van der Waals surface area contributed by atoms with Crippen molar-refractivity contribution in [2.45, 2.75) is 24.3 Å². The molecule has 22 heavy (non-hydrogen) atoms. The number of aromatic nitrogens is 2. The summed E-state index contributed by atoms with van der Waals surface area (Å²) in [5, 5.41) is 2.83. The molecule has 2 rings (SSSR count). The maximum atomic E-state index is 12.2. The number of anilines is 1. The first-order valence-electron chi connectivity index (χ1n) is 6.67. The number of hydrogen-bond acceptors (Lipinski definition) is 5. The Hall–Kier alpha value is -2.28. The average molecular weight is 319 g/mol. The van der Waals surface area contributed by atoms with E-state index >= 15 is 0 Å². The standard InChI is InChI=1S/C15H17N3O3S/c1-9-7-13(19)18-15(16-9)22-10(2)14(20)17-11-5-4-6-12(8-11)21-3/h4-8,10H,1-3H3,(H,17,20)(H,16,18,19).